The van der Waals surface area contributed by atoms with E-state index in [0.717, 1.165) is 19.5 Å². The molecule has 0 aromatic rings. The third-order valence-corrected chi connectivity index (χ3v) is 1.89. The van der Waals surface area contributed by atoms with Crippen LogP contribution in [0, 0.1) is 0 Å². The maximum Gasteiger partial charge on any atom is 0.236 e. The Morgan fingerprint density at radius 3 is 2.38 bits per heavy atom. The fraction of sp³-hybridized carbons (Fsp3) is 0.900. The van der Waals surface area contributed by atoms with Crippen molar-refractivity contribution in [1.82, 2.24) is 10.2 Å². The van der Waals surface area contributed by atoms with Gasteiger partial charge in [-0.25, -0.2) is 0 Å². The molecule has 0 fully saturated rings. The zero-order valence-electron chi connectivity index (χ0n) is 9.26. The summed E-state index contributed by atoms with van der Waals surface area (Å²) in [5.41, 5.74) is 0. The van der Waals surface area contributed by atoms with Crippen molar-refractivity contribution >= 4 is 5.91 Å². The van der Waals surface area contributed by atoms with Gasteiger partial charge in [0.25, 0.3) is 0 Å². The van der Waals surface area contributed by atoms with E-state index in [1.165, 1.54) is 0 Å². The molecule has 0 aromatic carbocycles. The Hall–Kier alpha value is -0.570. The lowest BCUT2D eigenvalue weighted by Crippen LogP contribution is -2.40. The summed E-state index contributed by atoms with van der Waals surface area (Å²) >= 11 is 0. The second-order valence-corrected chi connectivity index (χ2v) is 3.51. The van der Waals surface area contributed by atoms with Crippen LogP contribution < -0.4 is 5.32 Å². The summed E-state index contributed by atoms with van der Waals surface area (Å²) in [7, 11) is 0. The van der Waals surface area contributed by atoms with Crippen molar-refractivity contribution in [3.05, 3.63) is 0 Å². The van der Waals surface area contributed by atoms with Crippen molar-refractivity contribution in [3.63, 3.8) is 0 Å². The van der Waals surface area contributed by atoms with E-state index in [-0.39, 0.29) is 5.91 Å². The zero-order valence-corrected chi connectivity index (χ0v) is 9.26. The zero-order chi connectivity index (χ0) is 10.3. The predicted octanol–water partition coefficient (Wildman–Crippen LogP) is 1.24. The lowest BCUT2D eigenvalue weighted by molar-refractivity contribution is -0.130. The van der Waals surface area contributed by atoms with E-state index in [1.54, 1.807) is 0 Å². The van der Waals surface area contributed by atoms with Gasteiger partial charge >= 0.3 is 0 Å². The smallest absolute Gasteiger partial charge is 0.236 e. The molecule has 3 nitrogen and oxygen atoms in total. The van der Waals surface area contributed by atoms with Gasteiger partial charge in [0.1, 0.15) is 0 Å². The molecule has 1 amide bonds. The van der Waals surface area contributed by atoms with Crippen molar-refractivity contribution in [2.45, 2.75) is 40.2 Å². The number of nitrogens with one attached hydrogen (secondary N) is 1. The van der Waals surface area contributed by atoms with Crippen LogP contribution in [-0.2, 0) is 4.79 Å². The number of carbonyl (C=O) groups is 1. The Balaban J connectivity index is 3.77. The molecule has 13 heavy (non-hydrogen) atoms. The molecule has 78 valence electrons. The molecule has 0 aliphatic heterocycles. The molecule has 1 N–H and O–H groups in total. The van der Waals surface area contributed by atoms with Crippen LogP contribution in [0.5, 0.6) is 0 Å². The lowest BCUT2D eigenvalue weighted by Gasteiger charge is -2.20. The minimum Gasteiger partial charge on any atom is -0.342 e. The molecule has 0 bridgehead atoms. The third-order valence-electron chi connectivity index (χ3n) is 1.89. The largest absolute Gasteiger partial charge is 0.342 e. The minimum absolute atomic E-state index is 0.207. The van der Waals surface area contributed by atoms with Gasteiger partial charge in [-0.05, 0) is 13.3 Å². The molecule has 3 heteroatoms. The highest BCUT2D eigenvalue weighted by molar-refractivity contribution is 5.78. The van der Waals surface area contributed by atoms with Crippen LogP contribution in [0.3, 0.4) is 0 Å². The molecule has 0 aliphatic rings. The van der Waals surface area contributed by atoms with Crippen LogP contribution in [0.2, 0.25) is 0 Å². The van der Waals surface area contributed by atoms with Gasteiger partial charge in [-0.1, -0.05) is 20.8 Å². The molecule has 0 heterocycles. The second-order valence-electron chi connectivity index (χ2n) is 3.51. The number of hydrogen-bond acceptors (Lipinski definition) is 2. The fourth-order valence-electron chi connectivity index (χ4n) is 1.13. The Bertz CT molecular complexity index is 146. The van der Waals surface area contributed by atoms with E-state index >= 15 is 0 Å². The molecule has 0 spiro atoms. The Labute approximate surface area is 81.5 Å². The molecule has 0 saturated heterocycles. The van der Waals surface area contributed by atoms with Gasteiger partial charge in [0.05, 0.1) is 6.54 Å². The van der Waals surface area contributed by atoms with Crippen molar-refractivity contribution in [3.8, 4) is 0 Å². The highest BCUT2D eigenvalue weighted by atomic mass is 16.2. The number of carbonyl (C=O) groups excluding carboxylic acids is 1. The standard InChI is InChI=1S/C10H22N2O/c1-5-7-12(6-2)10(13)8-11-9(3)4/h9,11H,5-8H2,1-4H3. The molecule has 0 aromatic heterocycles. The fourth-order valence-corrected chi connectivity index (χ4v) is 1.13. The van der Waals surface area contributed by atoms with Crippen molar-refractivity contribution < 1.29 is 4.79 Å². The summed E-state index contributed by atoms with van der Waals surface area (Å²) in [5, 5.41) is 3.13. The Kier molecular flexibility index (Phi) is 6.59. The predicted molar refractivity (Wildman–Crippen MR) is 55.7 cm³/mol. The van der Waals surface area contributed by atoms with Crippen molar-refractivity contribution in [2.75, 3.05) is 19.6 Å². The van der Waals surface area contributed by atoms with Gasteiger partial charge < -0.3 is 10.2 Å². The van der Waals surface area contributed by atoms with Crippen LogP contribution in [0.4, 0.5) is 0 Å². The van der Waals surface area contributed by atoms with Crippen LogP contribution in [0.15, 0.2) is 0 Å². The minimum atomic E-state index is 0.207. The first-order chi connectivity index (χ1) is 6.11. The molecule has 0 unspecified atom stereocenters. The first kappa shape index (κ1) is 12.4. The van der Waals surface area contributed by atoms with Crippen LogP contribution >= 0.6 is 0 Å². The molecular formula is C10H22N2O. The van der Waals surface area contributed by atoms with E-state index in [0.29, 0.717) is 12.6 Å². The average Bonchev–Trinajstić information content (AvgIpc) is 2.10. The molecule has 0 rings (SSSR count). The van der Waals surface area contributed by atoms with Crippen molar-refractivity contribution in [1.29, 1.82) is 0 Å². The van der Waals surface area contributed by atoms with E-state index < -0.39 is 0 Å². The summed E-state index contributed by atoms with van der Waals surface area (Å²) in [6, 6.07) is 0.379. The number of hydrogen-bond donors (Lipinski definition) is 1. The van der Waals surface area contributed by atoms with E-state index in [2.05, 4.69) is 12.2 Å². The first-order valence-electron chi connectivity index (χ1n) is 5.12. The quantitative estimate of drug-likeness (QED) is 0.677. The van der Waals surface area contributed by atoms with Crippen molar-refractivity contribution in [2.24, 2.45) is 0 Å². The summed E-state index contributed by atoms with van der Waals surface area (Å²) in [4.78, 5) is 13.4. The lowest BCUT2D eigenvalue weighted by atomic mass is 10.3. The maximum atomic E-state index is 11.5. The topological polar surface area (TPSA) is 32.3 Å². The van der Waals surface area contributed by atoms with Crippen LogP contribution in [0.25, 0.3) is 0 Å². The van der Waals surface area contributed by atoms with Gasteiger partial charge in [-0.3, -0.25) is 4.79 Å². The summed E-state index contributed by atoms with van der Waals surface area (Å²) in [6.45, 7) is 10.3. The Morgan fingerprint density at radius 2 is 2.00 bits per heavy atom. The van der Waals surface area contributed by atoms with Crippen LogP contribution in [0.1, 0.15) is 34.1 Å². The van der Waals surface area contributed by atoms with E-state index in [1.807, 2.05) is 25.7 Å². The SMILES string of the molecule is CCCN(CC)C(=O)CNC(C)C. The third kappa shape index (κ3) is 5.64. The van der Waals surface area contributed by atoms with Gasteiger partial charge in [-0.2, -0.15) is 0 Å². The van der Waals surface area contributed by atoms with Gasteiger partial charge in [-0.15, -0.1) is 0 Å². The van der Waals surface area contributed by atoms with Gasteiger partial charge in [0, 0.05) is 19.1 Å². The van der Waals surface area contributed by atoms with E-state index in [9.17, 15) is 4.79 Å². The first-order valence-corrected chi connectivity index (χ1v) is 5.12. The number of amides is 1. The summed E-state index contributed by atoms with van der Waals surface area (Å²) < 4.78 is 0. The molecular weight excluding hydrogens is 164 g/mol. The number of likely N-dealkylation sites (N-methyl/N-ethyl adjacent to an activating group) is 1. The van der Waals surface area contributed by atoms with E-state index in [4.69, 9.17) is 0 Å². The van der Waals surface area contributed by atoms with Crippen LogP contribution in [-0.4, -0.2) is 36.5 Å². The Morgan fingerprint density at radius 1 is 1.38 bits per heavy atom. The summed E-state index contributed by atoms with van der Waals surface area (Å²) in [5.74, 6) is 0.207. The number of nitrogens with zero attached hydrogens (tertiary/aromatic N) is 1. The molecule has 0 aliphatic carbocycles. The number of rotatable bonds is 6. The van der Waals surface area contributed by atoms with Gasteiger partial charge in [0.15, 0.2) is 0 Å². The summed E-state index contributed by atoms with van der Waals surface area (Å²) in [6.07, 6.45) is 1.03. The molecule has 0 atom stereocenters. The maximum absolute atomic E-state index is 11.5. The van der Waals surface area contributed by atoms with Gasteiger partial charge in [0.2, 0.25) is 5.91 Å². The molecule has 0 saturated carbocycles. The molecule has 0 radical (unpaired) electrons. The average molecular weight is 186 g/mol. The highest BCUT2D eigenvalue weighted by Crippen LogP contribution is 1.91. The monoisotopic (exact) mass is 186 g/mol. The normalized spacial score (nSPS) is 10.5. The second kappa shape index (κ2) is 6.89. The highest BCUT2D eigenvalue weighted by Gasteiger charge is 2.09.